The molecule has 2 aromatic heterocycles. The SMILES string of the molecule is CC(C)(C)c1ccc(Cn2cc3c(n2)CCc2c-3sc(NC(N)=O)c2C(N)=O)cc1. The number of carbonyl (C=O) groups excluding carboxylic acids is 2. The lowest BCUT2D eigenvalue weighted by molar-refractivity contribution is 0.100. The first-order valence-electron chi connectivity index (χ1n) is 9.81. The zero-order valence-electron chi connectivity index (χ0n) is 17.3. The Kier molecular flexibility index (Phi) is 4.89. The zero-order valence-corrected chi connectivity index (χ0v) is 18.1. The van der Waals surface area contributed by atoms with Crippen LogP contribution in [0.15, 0.2) is 30.5 Å². The van der Waals surface area contributed by atoms with Gasteiger partial charge in [-0.15, -0.1) is 11.3 Å². The Labute approximate surface area is 179 Å². The highest BCUT2D eigenvalue weighted by molar-refractivity contribution is 7.20. The second-order valence-electron chi connectivity index (χ2n) is 8.60. The van der Waals surface area contributed by atoms with Gasteiger partial charge in [0.15, 0.2) is 0 Å². The number of urea groups is 1. The Morgan fingerprint density at radius 3 is 2.47 bits per heavy atom. The number of hydrogen-bond donors (Lipinski definition) is 3. The summed E-state index contributed by atoms with van der Waals surface area (Å²) in [6.07, 6.45) is 3.36. The van der Waals surface area contributed by atoms with Crippen molar-refractivity contribution in [2.75, 3.05) is 5.32 Å². The van der Waals surface area contributed by atoms with E-state index in [1.54, 1.807) is 0 Å². The van der Waals surface area contributed by atoms with Gasteiger partial charge in [0.2, 0.25) is 0 Å². The van der Waals surface area contributed by atoms with Crippen molar-refractivity contribution in [2.24, 2.45) is 11.5 Å². The summed E-state index contributed by atoms with van der Waals surface area (Å²) in [6.45, 7) is 7.25. The molecule has 0 saturated heterocycles. The first-order chi connectivity index (χ1) is 14.1. The van der Waals surface area contributed by atoms with Crippen molar-refractivity contribution >= 4 is 28.3 Å². The predicted molar refractivity (Wildman–Crippen MR) is 119 cm³/mol. The van der Waals surface area contributed by atoms with Crippen molar-refractivity contribution in [3.8, 4) is 10.4 Å². The lowest BCUT2D eigenvalue weighted by atomic mass is 9.87. The third-order valence-corrected chi connectivity index (χ3v) is 6.53. The number of amides is 3. The van der Waals surface area contributed by atoms with E-state index >= 15 is 0 Å². The molecule has 0 atom stereocenters. The van der Waals surface area contributed by atoms with Crippen LogP contribution in [0.25, 0.3) is 10.4 Å². The van der Waals surface area contributed by atoms with Crippen LogP contribution >= 0.6 is 11.3 Å². The van der Waals surface area contributed by atoms with Crippen LogP contribution < -0.4 is 16.8 Å². The lowest BCUT2D eigenvalue weighted by Crippen LogP contribution is -2.22. The van der Waals surface area contributed by atoms with E-state index in [-0.39, 0.29) is 5.41 Å². The maximum atomic E-state index is 12.0. The van der Waals surface area contributed by atoms with Gasteiger partial charge in [-0.05, 0) is 34.9 Å². The van der Waals surface area contributed by atoms with Crippen LogP contribution in [0.4, 0.5) is 9.80 Å². The van der Waals surface area contributed by atoms with Crippen molar-refractivity contribution in [1.82, 2.24) is 9.78 Å². The maximum absolute atomic E-state index is 12.0. The number of primary amides is 2. The van der Waals surface area contributed by atoms with Crippen LogP contribution in [-0.4, -0.2) is 21.7 Å². The standard InChI is InChI=1S/C22H25N5O2S/c1-22(2,3)13-6-4-12(5-7-13)10-27-11-15-16(26-27)9-8-14-17(19(23)28)20(25-21(24)29)30-18(14)15/h4-7,11H,8-10H2,1-3H3,(H2,23,28)(H3,24,25,29). The summed E-state index contributed by atoms with van der Waals surface area (Å²) in [5.74, 6) is -0.564. The van der Waals surface area contributed by atoms with E-state index < -0.39 is 11.9 Å². The molecule has 156 valence electrons. The molecule has 5 N–H and O–H groups in total. The summed E-state index contributed by atoms with van der Waals surface area (Å²) >= 11 is 1.32. The van der Waals surface area contributed by atoms with Crippen LogP contribution in [0, 0.1) is 0 Å². The van der Waals surface area contributed by atoms with Crippen LogP contribution in [0.1, 0.15) is 53.5 Å². The van der Waals surface area contributed by atoms with E-state index in [9.17, 15) is 9.59 Å². The molecule has 0 radical (unpaired) electrons. The molecule has 3 amide bonds. The highest BCUT2D eigenvalue weighted by Gasteiger charge is 2.29. The average Bonchev–Trinajstić information content (AvgIpc) is 3.21. The quantitative estimate of drug-likeness (QED) is 0.595. The second-order valence-corrected chi connectivity index (χ2v) is 9.62. The largest absolute Gasteiger partial charge is 0.365 e. The lowest BCUT2D eigenvalue weighted by Gasteiger charge is -2.19. The van der Waals surface area contributed by atoms with Gasteiger partial charge in [0.1, 0.15) is 5.00 Å². The molecule has 1 aromatic carbocycles. The van der Waals surface area contributed by atoms with Gasteiger partial charge in [-0.25, -0.2) is 4.79 Å². The van der Waals surface area contributed by atoms with Crippen molar-refractivity contribution in [1.29, 1.82) is 0 Å². The molecule has 2 heterocycles. The molecule has 1 aliphatic carbocycles. The van der Waals surface area contributed by atoms with Crippen LogP contribution in [-0.2, 0) is 24.8 Å². The molecule has 1 aliphatic rings. The summed E-state index contributed by atoms with van der Waals surface area (Å²) in [7, 11) is 0. The van der Waals surface area contributed by atoms with Gasteiger partial charge >= 0.3 is 6.03 Å². The van der Waals surface area contributed by atoms with Gasteiger partial charge in [0, 0.05) is 16.6 Å². The monoisotopic (exact) mass is 423 g/mol. The second kappa shape index (κ2) is 7.28. The summed E-state index contributed by atoms with van der Waals surface area (Å²) in [6, 6.07) is 7.88. The van der Waals surface area contributed by atoms with Crippen LogP contribution in [0.3, 0.4) is 0 Å². The van der Waals surface area contributed by atoms with E-state index in [0.717, 1.165) is 21.7 Å². The fraction of sp³-hybridized carbons (Fsp3) is 0.318. The van der Waals surface area contributed by atoms with Crippen LogP contribution in [0.5, 0.6) is 0 Å². The number of nitrogens with two attached hydrogens (primary N) is 2. The molecule has 0 bridgehead atoms. The first kappa shape index (κ1) is 20.2. The normalized spacial score (nSPS) is 12.9. The van der Waals surface area contributed by atoms with Crippen molar-refractivity contribution in [3.05, 3.63) is 58.4 Å². The minimum absolute atomic E-state index is 0.119. The topological polar surface area (TPSA) is 116 Å². The molecular formula is C22H25N5O2S. The fourth-order valence-electron chi connectivity index (χ4n) is 3.84. The van der Waals surface area contributed by atoms with E-state index in [1.165, 1.54) is 22.5 Å². The van der Waals surface area contributed by atoms with E-state index in [2.05, 4.69) is 50.4 Å². The third-order valence-electron chi connectivity index (χ3n) is 5.35. The fourth-order valence-corrected chi connectivity index (χ4v) is 5.13. The van der Waals surface area contributed by atoms with Crippen molar-refractivity contribution < 1.29 is 9.59 Å². The van der Waals surface area contributed by atoms with Gasteiger partial charge < -0.3 is 11.5 Å². The minimum atomic E-state index is -0.717. The predicted octanol–water partition coefficient (Wildman–Crippen LogP) is 3.65. The molecule has 30 heavy (non-hydrogen) atoms. The van der Waals surface area contributed by atoms with Crippen LogP contribution in [0.2, 0.25) is 0 Å². The maximum Gasteiger partial charge on any atom is 0.317 e. The summed E-state index contributed by atoms with van der Waals surface area (Å²) in [5.41, 5.74) is 16.6. The molecule has 0 fully saturated rings. The Morgan fingerprint density at radius 1 is 1.17 bits per heavy atom. The Morgan fingerprint density at radius 2 is 1.87 bits per heavy atom. The number of aromatic nitrogens is 2. The molecule has 3 aromatic rings. The number of fused-ring (bicyclic) bond motifs is 3. The van der Waals surface area contributed by atoms with Gasteiger partial charge in [0.05, 0.1) is 17.8 Å². The summed E-state index contributed by atoms with van der Waals surface area (Å²) in [4.78, 5) is 24.3. The van der Waals surface area contributed by atoms with E-state index in [1.807, 2.05) is 10.9 Å². The zero-order chi connectivity index (χ0) is 21.6. The number of hydrogen-bond acceptors (Lipinski definition) is 4. The number of benzene rings is 1. The first-order valence-corrected chi connectivity index (χ1v) is 10.6. The molecule has 0 unspecified atom stereocenters. The smallest absolute Gasteiger partial charge is 0.317 e. The van der Waals surface area contributed by atoms with E-state index in [0.29, 0.717) is 30.0 Å². The molecule has 0 saturated carbocycles. The van der Waals surface area contributed by atoms with Gasteiger partial charge in [-0.2, -0.15) is 5.10 Å². The third kappa shape index (κ3) is 3.70. The highest BCUT2D eigenvalue weighted by Crippen LogP contribution is 2.44. The number of nitrogens with zero attached hydrogens (tertiary/aromatic N) is 2. The van der Waals surface area contributed by atoms with Crippen molar-refractivity contribution in [3.63, 3.8) is 0 Å². The number of thiophene rings is 1. The molecule has 4 rings (SSSR count). The molecule has 8 heteroatoms. The number of aryl methyl sites for hydroxylation is 1. The van der Waals surface area contributed by atoms with E-state index in [4.69, 9.17) is 16.6 Å². The summed E-state index contributed by atoms with van der Waals surface area (Å²) in [5, 5.41) is 7.69. The molecule has 0 aliphatic heterocycles. The molecular weight excluding hydrogens is 398 g/mol. The summed E-state index contributed by atoms with van der Waals surface area (Å²) < 4.78 is 1.93. The van der Waals surface area contributed by atoms with Gasteiger partial charge in [-0.1, -0.05) is 45.0 Å². The Balaban J connectivity index is 1.66. The molecule has 0 spiro atoms. The Hall–Kier alpha value is -3.13. The van der Waals surface area contributed by atoms with Gasteiger partial charge in [0.25, 0.3) is 5.91 Å². The Bertz CT molecular complexity index is 1140. The number of nitrogens with one attached hydrogen (secondary N) is 1. The minimum Gasteiger partial charge on any atom is -0.365 e. The average molecular weight is 424 g/mol. The number of carbonyl (C=O) groups is 2. The van der Waals surface area contributed by atoms with Crippen molar-refractivity contribution in [2.45, 2.75) is 45.6 Å². The highest BCUT2D eigenvalue weighted by atomic mass is 32.1. The van der Waals surface area contributed by atoms with Gasteiger partial charge in [-0.3, -0.25) is 14.8 Å². The number of rotatable bonds is 4. The molecule has 7 nitrogen and oxygen atoms in total. The number of anilines is 1.